The van der Waals surface area contributed by atoms with E-state index in [0.29, 0.717) is 22.6 Å². The van der Waals surface area contributed by atoms with Crippen LogP contribution in [-0.4, -0.2) is 43.8 Å². The Labute approximate surface area is 252 Å². The van der Waals surface area contributed by atoms with Gasteiger partial charge < -0.3 is 10.2 Å². The van der Waals surface area contributed by atoms with Crippen molar-refractivity contribution < 1.29 is 22.4 Å². The number of nitrogens with zero attached hydrogens (tertiary/aromatic N) is 2. The van der Waals surface area contributed by atoms with Gasteiger partial charge in [0, 0.05) is 17.6 Å². The Bertz CT molecular complexity index is 1480. The van der Waals surface area contributed by atoms with Gasteiger partial charge in [-0.3, -0.25) is 13.9 Å². The Morgan fingerprint density at radius 2 is 1.64 bits per heavy atom. The summed E-state index contributed by atoms with van der Waals surface area (Å²) in [5, 5.41) is 3.47. The van der Waals surface area contributed by atoms with Crippen LogP contribution >= 0.6 is 11.6 Å². The fourth-order valence-corrected chi connectivity index (χ4v) is 7.01. The Morgan fingerprint density at radius 1 is 0.976 bits per heavy atom. The van der Waals surface area contributed by atoms with Crippen LogP contribution in [0.5, 0.6) is 0 Å². The molecule has 4 rings (SSSR count). The summed E-state index contributed by atoms with van der Waals surface area (Å²) in [5.74, 6) is -1.27. The molecule has 0 radical (unpaired) electrons. The van der Waals surface area contributed by atoms with E-state index in [1.807, 2.05) is 6.92 Å². The molecule has 1 aliphatic carbocycles. The molecular weight excluding hydrogens is 577 g/mol. The topological polar surface area (TPSA) is 86.8 Å². The molecule has 7 nitrogen and oxygen atoms in total. The molecule has 0 bridgehead atoms. The molecule has 0 heterocycles. The summed E-state index contributed by atoms with van der Waals surface area (Å²) >= 11 is 6.38. The number of carbonyl (C=O) groups excluding carboxylic acids is 2. The molecule has 1 aliphatic rings. The van der Waals surface area contributed by atoms with Gasteiger partial charge in [0.1, 0.15) is 18.4 Å². The molecule has 0 unspecified atom stereocenters. The maximum atomic E-state index is 14.2. The van der Waals surface area contributed by atoms with Crippen LogP contribution in [0.2, 0.25) is 5.02 Å². The van der Waals surface area contributed by atoms with Gasteiger partial charge in [-0.05, 0) is 73.7 Å². The molecule has 0 aromatic heterocycles. The molecule has 42 heavy (non-hydrogen) atoms. The van der Waals surface area contributed by atoms with Crippen LogP contribution in [0.4, 0.5) is 10.1 Å². The van der Waals surface area contributed by atoms with Gasteiger partial charge in [-0.25, -0.2) is 12.8 Å². The van der Waals surface area contributed by atoms with E-state index in [9.17, 15) is 22.4 Å². The second-order valence-electron chi connectivity index (χ2n) is 10.6. The second kappa shape index (κ2) is 14.2. The van der Waals surface area contributed by atoms with Gasteiger partial charge in [0.15, 0.2) is 0 Å². The first-order valence-corrected chi connectivity index (χ1v) is 16.1. The normalized spacial score (nSPS) is 14.7. The highest BCUT2D eigenvalue weighted by molar-refractivity contribution is 7.92. The van der Waals surface area contributed by atoms with Crippen molar-refractivity contribution in [3.63, 3.8) is 0 Å². The second-order valence-corrected chi connectivity index (χ2v) is 12.9. The van der Waals surface area contributed by atoms with Crippen molar-refractivity contribution in [2.75, 3.05) is 10.8 Å². The first kappa shape index (κ1) is 31.5. The van der Waals surface area contributed by atoms with Crippen molar-refractivity contribution in [3.8, 4) is 0 Å². The summed E-state index contributed by atoms with van der Waals surface area (Å²) < 4.78 is 42.7. The summed E-state index contributed by atoms with van der Waals surface area (Å²) in [5.41, 5.74) is 1.38. The number of nitrogens with one attached hydrogen (secondary N) is 1. The lowest BCUT2D eigenvalue weighted by Crippen LogP contribution is -2.54. The minimum atomic E-state index is -4.20. The number of amides is 2. The monoisotopic (exact) mass is 613 g/mol. The van der Waals surface area contributed by atoms with Gasteiger partial charge >= 0.3 is 0 Å². The molecule has 224 valence electrons. The van der Waals surface area contributed by atoms with E-state index in [0.717, 1.165) is 36.4 Å². The van der Waals surface area contributed by atoms with Crippen LogP contribution in [0, 0.1) is 12.7 Å². The van der Waals surface area contributed by atoms with Crippen LogP contribution in [0.15, 0.2) is 77.7 Å². The minimum absolute atomic E-state index is 0.00343. The fourth-order valence-electron chi connectivity index (χ4n) is 5.35. The standard InChI is InChI=1S/C32H37ClFN3O4S/c1-3-29(32(39)35-26-11-6-4-7-12-26)36(21-24-17-19-25(34)20-18-24)31(38)22-37(30-16-10-15-28(33)23(30)2)42(40,41)27-13-8-5-9-14-27/h5,8-10,13-20,26,29H,3-4,6-7,11-12,21-22H2,1-2H3,(H,35,39)/t29-/m0/s1. The third-order valence-corrected chi connectivity index (χ3v) is 9.90. The van der Waals surface area contributed by atoms with Crippen molar-refractivity contribution in [3.05, 3.63) is 94.8 Å². The van der Waals surface area contributed by atoms with Crippen LogP contribution in [-0.2, 0) is 26.2 Å². The van der Waals surface area contributed by atoms with Crippen molar-refractivity contribution in [1.82, 2.24) is 10.2 Å². The third kappa shape index (κ3) is 7.50. The molecule has 0 saturated heterocycles. The fraction of sp³-hybridized carbons (Fsp3) is 0.375. The minimum Gasteiger partial charge on any atom is -0.352 e. The molecule has 0 aliphatic heterocycles. The Hall–Kier alpha value is -3.43. The maximum absolute atomic E-state index is 14.2. The summed E-state index contributed by atoms with van der Waals surface area (Å²) in [6.07, 6.45) is 5.27. The first-order chi connectivity index (χ1) is 20.1. The number of carbonyl (C=O) groups is 2. The molecular formula is C32H37ClFN3O4S. The van der Waals surface area contributed by atoms with Gasteiger partial charge in [0.25, 0.3) is 10.0 Å². The lowest BCUT2D eigenvalue weighted by molar-refractivity contribution is -0.140. The molecule has 1 saturated carbocycles. The highest BCUT2D eigenvalue weighted by Gasteiger charge is 2.35. The predicted octanol–water partition coefficient (Wildman–Crippen LogP) is 6.24. The molecule has 3 aromatic carbocycles. The van der Waals surface area contributed by atoms with E-state index in [4.69, 9.17) is 11.6 Å². The predicted molar refractivity (Wildman–Crippen MR) is 163 cm³/mol. The molecule has 1 fully saturated rings. The van der Waals surface area contributed by atoms with Gasteiger partial charge in [0.2, 0.25) is 11.8 Å². The van der Waals surface area contributed by atoms with Gasteiger partial charge in [-0.1, -0.05) is 74.2 Å². The Balaban J connectivity index is 1.72. The van der Waals surface area contributed by atoms with Crippen molar-refractivity contribution in [2.24, 2.45) is 0 Å². The Kier molecular flexibility index (Phi) is 10.6. The number of hydrogen-bond acceptors (Lipinski definition) is 4. The average Bonchev–Trinajstić information content (AvgIpc) is 2.99. The van der Waals surface area contributed by atoms with E-state index in [1.165, 1.54) is 29.2 Å². The van der Waals surface area contributed by atoms with Crippen molar-refractivity contribution in [2.45, 2.75) is 75.9 Å². The largest absolute Gasteiger partial charge is 0.352 e. The number of halogens is 2. The highest BCUT2D eigenvalue weighted by atomic mass is 35.5. The smallest absolute Gasteiger partial charge is 0.264 e. The number of rotatable bonds is 11. The lowest BCUT2D eigenvalue weighted by Gasteiger charge is -2.34. The van der Waals surface area contributed by atoms with E-state index in [-0.39, 0.29) is 29.1 Å². The quantitative estimate of drug-likeness (QED) is 0.277. The molecule has 0 spiro atoms. The number of hydrogen-bond donors (Lipinski definition) is 1. The zero-order valence-corrected chi connectivity index (χ0v) is 25.5. The van der Waals surface area contributed by atoms with Crippen molar-refractivity contribution >= 4 is 39.1 Å². The maximum Gasteiger partial charge on any atom is 0.264 e. The number of sulfonamides is 1. The van der Waals surface area contributed by atoms with Gasteiger partial charge in [-0.15, -0.1) is 0 Å². The Morgan fingerprint density at radius 3 is 2.29 bits per heavy atom. The van der Waals surface area contributed by atoms with E-state index in [2.05, 4.69) is 5.32 Å². The van der Waals surface area contributed by atoms with Crippen LogP contribution in [0.25, 0.3) is 0 Å². The van der Waals surface area contributed by atoms with Gasteiger partial charge in [0.05, 0.1) is 10.6 Å². The van der Waals surface area contributed by atoms with Gasteiger partial charge in [-0.2, -0.15) is 0 Å². The molecule has 2 amide bonds. The van der Waals surface area contributed by atoms with E-state index in [1.54, 1.807) is 55.5 Å². The first-order valence-electron chi connectivity index (χ1n) is 14.3. The van der Waals surface area contributed by atoms with Crippen LogP contribution in [0.1, 0.15) is 56.6 Å². The third-order valence-electron chi connectivity index (χ3n) is 7.72. The zero-order valence-electron chi connectivity index (χ0n) is 23.9. The van der Waals surface area contributed by atoms with E-state index >= 15 is 0 Å². The highest BCUT2D eigenvalue weighted by Crippen LogP contribution is 2.31. The SMILES string of the molecule is CC[C@@H](C(=O)NC1CCCCC1)N(Cc1ccc(F)cc1)C(=O)CN(c1cccc(Cl)c1C)S(=O)(=O)c1ccccc1. The lowest BCUT2D eigenvalue weighted by atomic mass is 9.95. The zero-order chi connectivity index (χ0) is 30.3. The summed E-state index contributed by atoms with van der Waals surface area (Å²) in [4.78, 5) is 29.2. The van der Waals surface area contributed by atoms with Crippen LogP contribution < -0.4 is 9.62 Å². The summed E-state index contributed by atoms with van der Waals surface area (Å²) in [6, 6.07) is 17.6. The van der Waals surface area contributed by atoms with Crippen molar-refractivity contribution in [1.29, 1.82) is 0 Å². The van der Waals surface area contributed by atoms with Crippen LogP contribution in [0.3, 0.4) is 0 Å². The number of benzene rings is 3. The molecule has 3 aromatic rings. The molecule has 1 N–H and O–H groups in total. The van der Waals surface area contributed by atoms with E-state index < -0.39 is 34.3 Å². The average molecular weight is 614 g/mol. The molecule has 10 heteroatoms. The molecule has 1 atom stereocenters. The number of anilines is 1. The summed E-state index contributed by atoms with van der Waals surface area (Å²) in [6.45, 7) is 2.95. The summed E-state index contributed by atoms with van der Waals surface area (Å²) in [7, 11) is -4.20.